The second-order valence-corrected chi connectivity index (χ2v) is 5.74. The van der Waals surface area contributed by atoms with Crippen molar-refractivity contribution in [3.8, 4) is 0 Å². The maximum absolute atomic E-state index is 13.9. The lowest BCUT2D eigenvalue weighted by molar-refractivity contribution is 0.0633. The highest BCUT2D eigenvalue weighted by Crippen LogP contribution is 2.19. The Bertz CT molecular complexity index is 731. The van der Waals surface area contributed by atoms with Crippen LogP contribution in [-0.2, 0) is 17.8 Å². The van der Waals surface area contributed by atoms with Gasteiger partial charge in [-0.15, -0.1) is 6.58 Å². The van der Waals surface area contributed by atoms with Crippen LogP contribution in [-0.4, -0.2) is 45.3 Å². The number of hydrogen-bond donors (Lipinski definition) is 0. The Labute approximate surface area is 139 Å². The van der Waals surface area contributed by atoms with Crippen LogP contribution in [0, 0.1) is 11.7 Å². The summed E-state index contributed by atoms with van der Waals surface area (Å²) >= 11 is 0. The number of aromatic nitrogens is 3. The summed E-state index contributed by atoms with van der Waals surface area (Å²) in [6.07, 6.45) is 5.87. The van der Waals surface area contributed by atoms with Gasteiger partial charge in [-0.25, -0.2) is 4.39 Å². The monoisotopic (exact) mass is 330 g/mol. The van der Waals surface area contributed by atoms with E-state index in [-0.39, 0.29) is 17.4 Å². The number of pyridine rings is 1. The quantitative estimate of drug-likeness (QED) is 0.620. The van der Waals surface area contributed by atoms with Crippen molar-refractivity contribution in [2.24, 2.45) is 5.92 Å². The number of ether oxygens (including phenoxy) is 1. The Balaban J connectivity index is 1.82. The van der Waals surface area contributed by atoms with Gasteiger partial charge >= 0.3 is 0 Å². The Kier molecular flexibility index (Phi) is 5.00. The highest BCUT2D eigenvalue weighted by molar-refractivity contribution is 5.94. The third-order valence-corrected chi connectivity index (χ3v) is 3.95. The van der Waals surface area contributed by atoms with Crippen molar-refractivity contribution in [1.29, 1.82) is 0 Å². The van der Waals surface area contributed by atoms with Gasteiger partial charge in [0.25, 0.3) is 5.91 Å². The third-order valence-electron chi connectivity index (χ3n) is 3.95. The number of halogens is 1. The van der Waals surface area contributed by atoms with Gasteiger partial charge in [-0.2, -0.15) is 5.10 Å². The van der Waals surface area contributed by atoms with Crippen LogP contribution in [0.5, 0.6) is 0 Å². The van der Waals surface area contributed by atoms with E-state index < -0.39 is 5.82 Å². The summed E-state index contributed by atoms with van der Waals surface area (Å²) < 4.78 is 21.3. The molecule has 1 aliphatic heterocycles. The van der Waals surface area contributed by atoms with E-state index in [0.29, 0.717) is 32.8 Å². The SMILES string of the molecule is C=CCOC[C@H]1CN(C(=O)c2ccncc2F)Cc2ccnn2C1. The first-order valence-corrected chi connectivity index (χ1v) is 7.77. The fraction of sp³-hybridized carbons (Fsp3) is 0.353. The number of fused-ring (bicyclic) bond motifs is 1. The number of carbonyl (C=O) groups is 1. The second-order valence-electron chi connectivity index (χ2n) is 5.74. The van der Waals surface area contributed by atoms with Gasteiger partial charge in [-0.3, -0.25) is 14.5 Å². The van der Waals surface area contributed by atoms with Crippen LogP contribution in [0.2, 0.25) is 0 Å². The lowest BCUT2D eigenvalue weighted by Crippen LogP contribution is -2.35. The molecular weight excluding hydrogens is 311 g/mol. The highest BCUT2D eigenvalue weighted by Gasteiger charge is 2.27. The molecule has 0 aromatic carbocycles. The van der Waals surface area contributed by atoms with Crippen molar-refractivity contribution in [2.45, 2.75) is 13.1 Å². The van der Waals surface area contributed by atoms with Crippen LogP contribution in [0.15, 0.2) is 43.4 Å². The number of carbonyl (C=O) groups excluding carboxylic acids is 1. The van der Waals surface area contributed by atoms with Crippen molar-refractivity contribution in [3.05, 3.63) is 60.5 Å². The number of rotatable bonds is 5. The van der Waals surface area contributed by atoms with Crippen molar-refractivity contribution in [1.82, 2.24) is 19.7 Å². The topological polar surface area (TPSA) is 60.2 Å². The fourth-order valence-corrected chi connectivity index (χ4v) is 2.83. The molecule has 0 N–H and O–H groups in total. The Morgan fingerprint density at radius 2 is 2.29 bits per heavy atom. The molecule has 3 heterocycles. The minimum absolute atomic E-state index is 0.0312. The summed E-state index contributed by atoms with van der Waals surface area (Å²) in [4.78, 5) is 18.1. The number of hydrogen-bond acceptors (Lipinski definition) is 4. The Morgan fingerprint density at radius 3 is 3.08 bits per heavy atom. The van der Waals surface area contributed by atoms with Gasteiger partial charge < -0.3 is 9.64 Å². The van der Waals surface area contributed by atoms with Crippen LogP contribution in [0.3, 0.4) is 0 Å². The second kappa shape index (κ2) is 7.35. The maximum atomic E-state index is 13.9. The van der Waals surface area contributed by atoms with Crippen LogP contribution in [0.1, 0.15) is 16.1 Å². The molecule has 0 fully saturated rings. The van der Waals surface area contributed by atoms with E-state index >= 15 is 0 Å². The van der Waals surface area contributed by atoms with E-state index in [9.17, 15) is 9.18 Å². The Morgan fingerprint density at radius 1 is 1.42 bits per heavy atom. The molecule has 7 heteroatoms. The smallest absolute Gasteiger partial charge is 0.257 e. The first-order valence-electron chi connectivity index (χ1n) is 7.77. The molecule has 0 saturated carbocycles. The molecule has 2 aromatic rings. The Hall–Kier alpha value is -2.54. The molecular formula is C17H19FN4O2. The predicted octanol–water partition coefficient (Wildman–Crippen LogP) is 1.89. The molecule has 3 rings (SSSR count). The molecule has 0 aliphatic carbocycles. The largest absolute Gasteiger partial charge is 0.377 e. The fourth-order valence-electron chi connectivity index (χ4n) is 2.83. The van der Waals surface area contributed by atoms with Gasteiger partial charge in [-0.05, 0) is 12.1 Å². The summed E-state index contributed by atoms with van der Waals surface area (Å²) in [5.74, 6) is -0.891. The summed E-state index contributed by atoms with van der Waals surface area (Å²) in [5, 5.41) is 4.30. The van der Waals surface area contributed by atoms with Crippen LogP contribution in [0.4, 0.5) is 4.39 Å². The van der Waals surface area contributed by atoms with Crippen molar-refractivity contribution >= 4 is 5.91 Å². The molecule has 0 saturated heterocycles. The molecule has 0 radical (unpaired) electrons. The van der Waals surface area contributed by atoms with E-state index in [1.54, 1.807) is 17.2 Å². The summed E-state index contributed by atoms with van der Waals surface area (Å²) in [6.45, 7) is 6.08. The summed E-state index contributed by atoms with van der Waals surface area (Å²) in [6, 6.07) is 3.28. The van der Waals surface area contributed by atoms with E-state index in [0.717, 1.165) is 11.9 Å². The molecule has 0 bridgehead atoms. The molecule has 6 nitrogen and oxygen atoms in total. The lowest BCUT2D eigenvalue weighted by Gasteiger charge is -2.24. The van der Waals surface area contributed by atoms with Crippen molar-refractivity contribution < 1.29 is 13.9 Å². The maximum Gasteiger partial charge on any atom is 0.257 e. The third kappa shape index (κ3) is 3.51. The van der Waals surface area contributed by atoms with E-state index in [4.69, 9.17) is 4.74 Å². The molecule has 1 aliphatic rings. The molecule has 0 spiro atoms. The molecule has 1 atom stereocenters. The molecule has 2 aromatic heterocycles. The molecule has 126 valence electrons. The van der Waals surface area contributed by atoms with Gasteiger partial charge in [0, 0.05) is 31.4 Å². The zero-order valence-electron chi connectivity index (χ0n) is 13.3. The first kappa shape index (κ1) is 16.3. The minimum atomic E-state index is -0.611. The zero-order valence-corrected chi connectivity index (χ0v) is 13.3. The van der Waals surface area contributed by atoms with Gasteiger partial charge in [-0.1, -0.05) is 6.08 Å². The predicted molar refractivity (Wildman–Crippen MR) is 85.7 cm³/mol. The van der Waals surface area contributed by atoms with Gasteiger partial charge in [0.2, 0.25) is 0 Å². The lowest BCUT2D eigenvalue weighted by atomic mass is 10.1. The van der Waals surface area contributed by atoms with Crippen molar-refractivity contribution in [3.63, 3.8) is 0 Å². The van der Waals surface area contributed by atoms with Gasteiger partial charge in [0.05, 0.1) is 37.2 Å². The average Bonchev–Trinajstić information content (AvgIpc) is 2.93. The van der Waals surface area contributed by atoms with Crippen LogP contribution < -0.4 is 0 Å². The van der Waals surface area contributed by atoms with E-state index in [2.05, 4.69) is 16.7 Å². The standard InChI is InChI=1S/C17H19FN4O2/c1-2-7-24-12-13-9-21(11-14-3-6-20-22(14)10-13)17(23)15-4-5-19-8-16(15)18/h2-6,8,13H,1,7,9-12H2/t13-/m0/s1. The average molecular weight is 330 g/mol. The van der Waals surface area contributed by atoms with Gasteiger partial charge in [0.15, 0.2) is 5.82 Å². The normalized spacial score (nSPS) is 17.2. The molecule has 0 unspecified atom stereocenters. The number of amides is 1. The molecule has 1 amide bonds. The highest BCUT2D eigenvalue weighted by atomic mass is 19.1. The summed E-state index contributed by atoms with van der Waals surface area (Å²) in [5.41, 5.74) is 0.952. The summed E-state index contributed by atoms with van der Waals surface area (Å²) in [7, 11) is 0. The number of nitrogens with zero attached hydrogens (tertiary/aromatic N) is 4. The van der Waals surface area contributed by atoms with Gasteiger partial charge in [0.1, 0.15) is 0 Å². The zero-order chi connectivity index (χ0) is 16.9. The van der Waals surface area contributed by atoms with Crippen LogP contribution in [0.25, 0.3) is 0 Å². The first-order chi connectivity index (χ1) is 11.7. The van der Waals surface area contributed by atoms with Crippen molar-refractivity contribution in [2.75, 3.05) is 19.8 Å². The van der Waals surface area contributed by atoms with E-state index in [1.807, 2.05) is 10.7 Å². The minimum Gasteiger partial charge on any atom is -0.377 e. The van der Waals surface area contributed by atoms with E-state index in [1.165, 1.54) is 12.3 Å². The molecule has 24 heavy (non-hydrogen) atoms. The van der Waals surface area contributed by atoms with Crippen LogP contribution >= 0.6 is 0 Å².